The Morgan fingerprint density at radius 1 is 1.23 bits per heavy atom. The smallest absolute Gasteiger partial charge is 0.160 e. The van der Waals surface area contributed by atoms with Crippen molar-refractivity contribution in [2.75, 3.05) is 6.61 Å². The van der Waals surface area contributed by atoms with E-state index in [9.17, 15) is 0 Å². The fourth-order valence-electron chi connectivity index (χ4n) is 2.22. The molecule has 3 aromatic heterocycles. The van der Waals surface area contributed by atoms with Crippen LogP contribution < -0.4 is 0 Å². The summed E-state index contributed by atoms with van der Waals surface area (Å²) in [7, 11) is -1.06. The van der Waals surface area contributed by atoms with Gasteiger partial charge in [-0.25, -0.2) is 9.67 Å². The van der Waals surface area contributed by atoms with Gasteiger partial charge in [0.05, 0.1) is 4.88 Å². The third kappa shape index (κ3) is 3.45. The molecule has 0 fully saturated rings. The molecule has 0 spiro atoms. The number of hydrogen-bond donors (Lipinski definition) is 0. The summed E-state index contributed by atoms with van der Waals surface area (Å²) in [5.41, 5.74) is 1.88. The summed E-state index contributed by atoms with van der Waals surface area (Å²) in [4.78, 5) is 5.64. The molecule has 0 N–H and O–H groups in total. The van der Waals surface area contributed by atoms with E-state index in [1.165, 1.54) is 4.88 Å². The van der Waals surface area contributed by atoms with Crippen LogP contribution in [0.3, 0.4) is 0 Å². The van der Waals surface area contributed by atoms with Crippen molar-refractivity contribution in [3.63, 3.8) is 0 Å². The topological polar surface area (TPSA) is 39.9 Å². The van der Waals surface area contributed by atoms with Gasteiger partial charge >= 0.3 is 0 Å². The monoisotopic (exact) mass is 331 g/mol. The lowest BCUT2D eigenvalue weighted by Crippen LogP contribution is -2.22. The van der Waals surface area contributed by atoms with Crippen molar-refractivity contribution in [1.29, 1.82) is 0 Å². The minimum absolute atomic E-state index is 0.462. The fourth-order valence-corrected chi connectivity index (χ4v) is 3.70. The van der Waals surface area contributed by atoms with E-state index >= 15 is 0 Å². The van der Waals surface area contributed by atoms with Gasteiger partial charge in [-0.1, -0.05) is 25.7 Å². The van der Waals surface area contributed by atoms with E-state index in [4.69, 9.17) is 9.84 Å². The molecule has 116 valence electrons. The highest BCUT2D eigenvalue weighted by Crippen LogP contribution is 2.30. The summed E-state index contributed by atoms with van der Waals surface area (Å²) in [6, 6.07) is 9.33. The van der Waals surface area contributed by atoms with Gasteiger partial charge in [-0.05, 0) is 29.6 Å². The Labute approximate surface area is 135 Å². The summed E-state index contributed by atoms with van der Waals surface area (Å²) in [5.74, 6) is 0. The molecule has 0 radical (unpaired) electrons. The predicted molar refractivity (Wildman–Crippen MR) is 94.9 cm³/mol. The normalized spacial score (nSPS) is 12.1. The predicted octanol–water partition coefficient (Wildman–Crippen LogP) is 4.47. The van der Waals surface area contributed by atoms with E-state index in [-0.39, 0.29) is 0 Å². The van der Waals surface area contributed by atoms with Crippen LogP contribution in [0.4, 0.5) is 0 Å². The number of pyridine rings is 1. The van der Waals surface area contributed by atoms with Gasteiger partial charge in [0, 0.05) is 26.3 Å². The molecule has 0 saturated carbocycles. The van der Waals surface area contributed by atoms with Crippen LogP contribution in [-0.4, -0.2) is 29.4 Å². The number of thiophene rings is 1. The molecule has 4 nitrogen and oxygen atoms in total. The number of nitrogens with zero attached hydrogens (tertiary/aromatic N) is 3. The van der Waals surface area contributed by atoms with Gasteiger partial charge < -0.3 is 4.74 Å². The van der Waals surface area contributed by atoms with Crippen LogP contribution in [0, 0.1) is 0 Å². The molecule has 0 saturated heterocycles. The number of ether oxygens (including phenoxy) is 1. The van der Waals surface area contributed by atoms with Crippen molar-refractivity contribution in [2.45, 2.75) is 32.4 Å². The molecule has 0 amide bonds. The standard InChI is InChI=1S/C16H21N3OSSi/c1-22(2,3)11-9-20-12-19-16-13(6-4-8-17-16)15(18-19)14-7-5-10-21-14/h4-8,10H,9,11-12H2,1-3H3. The fraction of sp³-hybridized carbons (Fsp3) is 0.375. The summed E-state index contributed by atoms with van der Waals surface area (Å²) >= 11 is 1.70. The average molecular weight is 332 g/mol. The number of hydrogen-bond acceptors (Lipinski definition) is 4. The molecule has 0 aliphatic heterocycles. The van der Waals surface area contributed by atoms with Gasteiger partial charge in [0.2, 0.25) is 0 Å². The van der Waals surface area contributed by atoms with Crippen LogP contribution in [0.2, 0.25) is 25.7 Å². The lowest BCUT2D eigenvalue weighted by atomic mass is 10.2. The third-order valence-corrected chi connectivity index (χ3v) is 6.05. The highest BCUT2D eigenvalue weighted by molar-refractivity contribution is 7.13. The minimum Gasteiger partial charge on any atom is -0.359 e. The number of aromatic nitrogens is 3. The Balaban J connectivity index is 1.81. The SMILES string of the molecule is C[Si](C)(C)CCOCn1nc(-c2cccs2)c2cccnc21. The summed E-state index contributed by atoms with van der Waals surface area (Å²) in [6.45, 7) is 8.32. The Morgan fingerprint density at radius 2 is 2.09 bits per heavy atom. The second kappa shape index (κ2) is 6.32. The van der Waals surface area contributed by atoms with Gasteiger partial charge in [-0.2, -0.15) is 5.10 Å². The van der Waals surface area contributed by atoms with Crippen molar-refractivity contribution in [1.82, 2.24) is 14.8 Å². The Kier molecular flexibility index (Phi) is 4.42. The minimum atomic E-state index is -1.06. The van der Waals surface area contributed by atoms with Crippen LogP contribution in [0.25, 0.3) is 21.6 Å². The maximum Gasteiger partial charge on any atom is 0.160 e. The highest BCUT2D eigenvalue weighted by Gasteiger charge is 2.15. The lowest BCUT2D eigenvalue weighted by Gasteiger charge is -2.15. The Morgan fingerprint density at radius 3 is 2.82 bits per heavy atom. The van der Waals surface area contributed by atoms with Crippen LogP contribution in [0.5, 0.6) is 0 Å². The molecular formula is C16H21N3OSSi. The molecule has 0 bridgehead atoms. The highest BCUT2D eigenvalue weighted by atomic mass is 32.1. The number of fused-ring (bicyclic) bond motifs is 1. The maximum atomic E-state index is 5.83. The second-order valence-electron chi connectivity index (χ2n) is 6.55. The van der Waals surface area contributed by atoms with Crippen molar-refractivity contribution in [3.05, 3.63) is 35.8 Å². The number of rotatable bonds is 6. The molecule has 3 heterocycles. The summed E-state index contributed by atoms with van der Waals surface area (Å²) < 4.78 is 7.70. The average Bonchev–Trinajstić information content (AvgIpc) is 3.10. The van der Waals surface area contributed by atoms with Gasteiger partial charge in [0.25, 0.3) is 0 Å². The van der Waals surface area contributed by atoms with Crippen molar-refractivity contribution >= 4 is 30.4 Å². The van der Waals surface area contributed by atoms with Crippen LogP contribution in [0.15, 0.2) is 35.8 Å². The summed E-state index contributed by atoms with van der Waals surface area (Å²) in [5, 5.41) is 7.87. The Bertz CT molecular complexity index is 746. The molecular weight excluding hydrogens is 310 g/mol. The first kappa shape index (κ1) is 15.4. The summed E-state index contributed by atoms with van der Waals surface area (Å²) in [6.07, 6.45) is 1.81. The van der Waals surface area contributed by atoms with Crippen LogP contribution in [0.1, 0.15) is 0 Å². The van der Waals surface area contributed by atoms with Gasteiger partial charge in [-0.15, -0.1) is 11.3 Å². The van der Waals surface area contributed by atoms with Crippen molar-refractivity contribution in [2.24, 2.45) is 0 Å². The zero-order valence-electron chi connectivity index (χ0n) is 13.2. The van der Waals surface area contributed by atoms with E-state index in [0.29, 0.717) is 6.73 Å². The molecule has 0 aliphatic carbocycles. The van der Waals surface area contributed by atoms with E-state index < -0.39 is 8.07 Å². The second-order valence-corrected chi connectivity index (χ2v) is 13.1. The first-order chi connectivity index (χ1) is 10.5. The zero-order chi connectivity index (χ0) is 15.6. The van der Waals surface area contributed by atoms with Crippen molar-refractivity contribution in [3.8, 4) is 10.6 Å². The quantitative estimate of drug-likeness (QED) is 0.494. The maximum absolute atomic E-state index is 5.83. The van der Waals surface area contributed by atoms with E-state index in [2.05, 4.69) is 42.1 Å². The third-order valence-electron chi connectivity index (χ3n) is 3.47. The molecule has 3 aromatic rings. The Hall–Kier alpha value is -1.50. The van der Waals surface area contributed by atoms with Crippen LogP contribution in [-0.2, 0) is 11.5 Å². The molecule has 22 heavy (non-hydrogen) atoms. The largest absolute Gasteiger partial charge is 0.359 e. The van der Waals surface area contributed by atoms with Gasteiger partial charge in [0.1, 0.15) is 12.4 Å². The molecule has 0 atom stereocenters. The van der Waals surface area contributed by atoms with E-state index in [1.54, 1.807) is 17.5 Å². The van der Waals surface area contributed by atoms with E-state index in [1.807, 2.05) is 16.8 Å². The zero-order valence-corrected chi connectivity index (χ0v) is 15.1. The molecule has 6 heteroatoms. The van der Waals surface area contributed by atoms with Crippen molar-refractivity contribution < 1.29 is 4.74 Å². The molecule has 3 rings (SSSR count). The van der Waals surface area contributed by atoms with Gasteiger partial charge in [0.15, 0.2) is 5.65 Å². The van der Waals surface area contributed by atoms with Gasteiger partial charge in [-0.3, -0.25) is 0 Å². The molecule has 0 aromatic carbocycles. The molecule has 0 aliphatic rings. The first-order valence-corrected chi connectivity index (χ1v) is 12.1. The van der Waals surface area contributed by atoms with Crippen LogP contribution >= 0.6 is 11.3 Å². The van der Waals surface area contributed by atoms with E-state index in [0.717, 1.165) is 29.4 Å². The lowest BCUT2D eigenvalue weighted by molar-refractivity contribution is 0.0814. The first-order valence-electron chi connectivity index (χ1n) is 7.48. The molecule has 0 unspecified atom stereocenters.